The molecule has 2 atom stereocenters. The third kappa shape index (κ3) is 84.0. The van der Waals surface area contributed by atoms with Crippen molar-refractivity contribution in [2.75, 3.05) is 47.5 Å². The number of rotatable bonds is 72. The van der Waals surface area contributed by atoms with Gasteiger partial charge in [0.25, 0.3) is 0 Å². The number of carbonyl (C=O) groups excluding carboxylic acids is 3. The number of carboxylic acids is 1. The Morgan fingerprint density at radius 1 is 0.286 bits per heavy atom. The van der Waals surface area contributed by atoms with Gasteiger partial charge >= 0.3 is 11.9 Å². The van der Waals surface area contributed by atoms with Crippen LogP contribution in [0.4, 0.5) is 0 Å². The van der Waals surface area contributed by atoms with Crippen LogP contribution >= 0.6 is 0 Å². The minimum Gasteiger partial charge on any atom is -0.545 e. The Kier molecular flexibility index (Phi) is 76.9. The van der Waals surface area contributed by atoms with Gasteiger partial charge in [0.05, 0.1) is 40.3 Å². The van der Waals surface area contributed by atoms with Crippen LogP contribution in [-0.2, 0) is 33.3 Å². The maximum absolute atomic E-state index is 13.0. The number of carbonyl (C=O) groups is 3. The van der Waals surface area contributed by atoms with Crippen molar-refractivity contribution >= 4 is 17.9 Å². The van der Waals surface area contributed by atoms with Gasteiger partial charge in [-0.05, 0) is 173 Å². The van der Waals surface area contributed by atoms with Crippen LogP contribution < -0.4 is 5.11 Å². The number of aliphatic carboxylic acids is 1. The van der Waals surface area contributed by atoms with E-state index in [1.807, 2.05) is 21.1 Å². The van der Waals surface area contributed by atoms with Gasteiger partial charge in [0.15, 0.2) is 12.4 Å². The van der Waals surface area contributed by atoms with E-state index in [9.17, 15) is 19.5 Å². The molecule has 0 spiro atoms. The Morgan fingerprint density at radius 3 is 0.762 bits per heavy atom. The van der Waals surface area contributed by atoms with Gasteiger partial charge in [0, 0.05) is 12.8 Å². The average molecular weight is 1440 g/mol. The summed E-state index contributed by atoms with van der Waals surface area (Å²) in [6, 6.07) is 0. The van der Waals surface area contributed by atoms with Crippen molar-refractivity contribution in [1.82, 2.24) is 0 Å². The summed E-state index contributed by atoms with van der Waals surface area (Å²) < 4.78 is 22.8. The smallest absolute Gasteiger partial charge is 0.306 e. The second-order valence-electron chi connectivity index (χ2n) is 27.2. The first-order valence-electron chi connectivity index (χ1n) is 40.8. The lowest BCUT2D eigenvalue weighted by Gasteiger charge is -2.26. The molecule has 0 heterocycles. The number of esters is 2. The molecular formula is C96H147NO8. The van der Waals surface area contributed by atoms with Crippen LogP contribution in [0.1, 0.15) is 271 Å². The monoisotopic (exact) mass is 1440 g/mol. The van der Waals surface area contributed by atoms with Crippen molar-refractivity contribution in [1.29, 1.82) is 0 Å². The molecule has 0 aliphatic carbocycles. The number of likely N-dealkylation sites (N-methyl/N-ethyl adjacent to an activating group) is 1. The zero-order valence-corrected chi connectivity index (χ0v) is 66.7. The van der Waals surface area contributed by atoms with E-state index in [1.165, 1.54) is 38.5 Å². The highest BCUT2D eigenvalue weighted by Gasteiger charge is 2.22. The van der Waals surface area contributed by atoms with Crippen molar-refractivity contribution in [3.05, 3.63) is 255 Å². The molecule has 2 unspecified atom stereocenters. The first kappa shape index (κ1) is 97.8. The van der Waals surface area contributed by atoms with E-state index < -0.39 is 24.3 Å². The fourth-order valence-electron chi connectivity index (χ4n) is 10.2. The molecule has 0 saturated heterocycles. The van der Waals surface area contributed by atoms with E-state index in [1.54, 1.807) is 0 Å². The molecule has 0 N–H and O–H groups in total. The Bertz CT molecular complexity index is 2690. The van der Waals surface area contributed by atoms with Gasteiger partial charge in [-0.1, -0.05) is 340 Å². The third-order valence-corrected chi connectivity index (χ3v) is 16.3. The first-order valence-corrected chi connectivity index (χ1v) is 40.8. The van der Waals surface area contributed by atoms with E-state index in [2.05, 4.69) is 269 Å². The molecule has 9 heteroatoms. The molecule has 0 aromatic carbocycles. The van der Waals surface area contributed by atoms with Crippen LogP contribution in [0.3, 0.4) is 0 Å². The van der Waals surface area contributed by atoms with E-state index in [0.717, 1.165) is 193 Å². The molecule has 0 amide bonds. The molecule has 0 aliphatic heterocycles. The summed E-state index contributed by atoms with van der Waals surface area (Å²) in [4.78, 5) is 37.6. The highest BCUT2D eigenvalue weighted by molar-refractivity contribution is 5.70. The largest absolute Gasteiger partial charge is 0.545 e. The Labute approximate surface area is 643 Å². The molecule has 0 rings (SSSR count). The SMILES string of the molecule is CC/C=C\C/C=C\C/C=C\C/C=C\C/C=C\C/C=C\C/C=C\C/C=C\C/C=C\C/C=C\C/C=C\CCCCCCCCCC(=O)OC(COC(=O)CCCCCCCCCC/C=C\C/C=C\C/C=C\C/C=C\C/C=C\C/C=C\C/C=C\C/C=C\C/C=C\C/C=C\CC)COC(OCC[N+](C)(C)C)C(=O)[O-]. The van der Waals surface area contributed by atoms with Crippen molar-refractivity contribution < 1.29 is 42.9 Å². The van der Waals surface area contributed by atoms with Gasteiger partial charge in [0.1, 0.15) is 13.2 Å². The fraction of sp³-hybridized carbons (Fsp3) is 0.531. The first-order chi connectivity index (χ1) is 51.6. The Morgan fingerprint density at radius 2 is 0.514 bits per heavy atom. The lowest BCUT2D eigenvalue weighted by atomic mass is 10.1. The lowest BCUT2D eigenvalue weighted by Crippen LogP contribution is -2.44. The molecule has 9 nitrogen and oxygen atoms in total. The molecule has 105 heavy (non-hydrogen) atoms. The van der Waals surface area contributed by atoms with E-state index in [4.69, 9.17) is 18.9 Å². The van der Waals surface area contributed by atoms with Gasteiger partial charge in [-0.2, -0.15) is 0 Å². The van der Waals surface area contributed by atoms with Gasteiger partial charge in [0.2, 0.25) is 0 Å². The number of hydrogen-bond donors (Lipinski definition) is 0. The topological polar surface area (TPSA) is 111 Å². The van der Waals surface area contributed by atoms with Crippen LogP contribution in [0.15, 0.2) is 255 Å². The number of quaternary nitrogens is 1. The van der Waals surface area contributed by atoms with Crippen molar-refractivity contribution in [3.63, 3.8) is 0 Å². The maximum atomic E-state index is 13.0. The summed E-state index contributed by atoms with van der Waals surface area (Å²) in [7, 11) is 5.91. The number of nitrogens with zero attached hydrogens (tertiary/aromatic N) is 1. The summed E-state index contributed by atoms with van der Waals surface area (Å²) in [5.41, 5.74) is 0. The predicted octanol–water partition coefficient (Wildman–Crippen LogP) is 25.6. The van der Waals surface area contributed by atoms with Gasteiger partial charge in [-0.15, -0.1) is 0 Å². The highest BCUT2D eigenvalue weighted by Crippen LogP contribution is 2.15. The van der Waals surface area contributed by atoms with Crippen molar-refractivity contribution in [3.8, 4) is 0 Å². The number of hydrogen-bond acceptors (Lipinski definition) is 8. The molecule has 0 saturated carbocycles. The Hall–Kier alpha value is -7.17. The third-order valence-electron chi connectivity index (χ3n) is 16.3. The van der Waals surface area contributed by atoms with Crippen LogP contribution in [0.5, 0.6) is 0 Å². The quantitative estimate of drug-likeness (QED) is 0.0195. The second kappa shape index (κ2) is 82.5. The lowest BCUT2D eigenvalue weighted by molar-refractivity contribution is -0.870. The van der Waals surface area contributed by atoms with Gasteiger partial charge in [-0.3, -0.25) is 9.59 Å². The molecule has 0 aromatic rings. The maximum Gasteiger partial charge on any atom is 0.306 e. The zero-order valence-electron chi connectivity index (χ0n) is 66.7. The summed E-state index contributed by atoms with van der Waals surface area (Å²) in [6.45, 7) is 4.47. The van der Waals surface area contributed by atoms with Crippen molar-refractivity contribution in [2.24, 2.45) is 0 Å². The minimum absolute atomic E-state index is 0.130. The zero-order chi connectivity index (χ0) is 76.0. The Balaban J connectivity index is 4.20. The summed E-state index contributed by atoms with van der Waals surface area (Å²) in [5, 5.41) is 11.9. The molecule has 0 aromatic heterocycles. The molecule has 0 bridgehead atoms. The van der Waals surface area contributed by atoms with E-state index in [-0.39, 0.29) is 38.6 Å². The van der Waals surface area contributed by atoms with Crippen LogP contribution in [0, 0.1) is 0 Å². The molecule has 0 aliphatic rings. The van der Waals surface area contributed by atoms with Gasteiger partial charge in [-0.25, -0.2) is 0 Å². The number of unbranched alkanes of at least 4 members (excludes halogenated alkanes) is 15. The van der Waals surface area contributed by atoms with Crippen LogP contribution in [-0.4, -0.2) is 82.3 Å². The molecular weight excluding hydrogens is 1300 g/mol. The van der Waals surface area contributed by atoms with Crippen LogP contribution in [0.2, 0.25) is 0 Å². The number of ether oxygens (including phenoxy) is 4. The summed E-state index contributed by atoms with van der Waals surface area (Å²) in [5.74, 6) is -2.34. The summed E-state index contributed by atoms with van der Waals surface area (Å²) in [6.07, 6.45) is 131. The normalized spacial score (nSPS) is 14.0. The second-order valence-corrected chi connectivity index (χ2v) is 27.2. The average Bonchev–Trinajstić information content (AvgIpc) is 1.18. The molecule has 0 fully saturated rings. The highest BCUT2D eigenvalue weighted by atomic mass is 16.7. The van der Waals surface area contributed by atoms with Crippen LogP contribution in [0.25, 0.3) is 0 Å². The molecule has 584 valence electrons. The minimum atomic E-state index is -1.65. The fourth-order valence-corrected chi connectivity index (χ4v) is 10.2. The standard InChI is InChI=1S/C96H147NO8/c1-6-8-10-12-14-16-18-20-22-24-26-28-30-32-34-36-38-40-42-44-46-47-49-51-53-55-57-59-61-63-65-67-69-71-73-75-77-79-81-83-85-87-94(99)105-92(91-104-96(95(100)101)102-89-88-97(3,4)5)90-103-93(98)86-84-82-80-78-76-74-72-70-68-66-64-62-60-58-56-54-52-50-48-45-43-41-39-37-35-33-31-29-27-25-23-21-19-17-15-13-11-9-7-2/h8-11,14-17,20-23,26-29,32-35,38-41,44-46,48-49,51-52,54-55,57-58,60-61,63-64,66-67,69,92,96H,6-7,12-13,18-19,24-25,30-31,36-37,42-43,47,50,53,56,59,62,65,68,70-91H2,1-5H3/b10-8-,11-9-,16-14-,17-15-,22-20-,23-21-,28-26-,29-27-,34-32-,35-33-,40-38-,41-39-,46-44-,48-45-,51-49-,54-52-,57-55-,60-58-,63-61-,66-64-,69-67-. The number of carboxylic acid groups (broad SMARTS) is 1. The molecule has 0 radical (unpaired) electrons. The van der Waals surface area contributed by atoms with Gasteiger partial charge < -0.3 is 33.3 Å². The van der Waals surface area contributed by atoms with E-state index in [0.29, 0.717) is 23.9 Å². The van der Waals surface area contributed by atoms with Crippen molar-refractivity contribution in [2.45, 2.75) is 283 Å². The van der Waals surface area contributed by atoms with E-state index >= 15 is 0 Å². The predicted molar refractivity (Wildman–Crippen MR) is 452 cm³/mol. The summed E-state index contributed by atoms with van der Waals surface area (Å²) >= 11 is 0. The number of allylic oxidation sites excluding steroid dienone is 42.